The van der Waals surface area contributed by atoms with Crippen LogP contribution < -0.4 is 11.1 Å². The molecule has 3 N–H and O–H groups in total. The Kier molecular flexibility index (Phi) is 5.64. The number of halogens is 1. The molecular weight excluding hydrogens is 270 g/mol. The van der Waals surface area contributed by atoms with Crippen LogP contribution in [-0.4, -0.2) is 18.6 Å². The second kappa shape index (κ2) is 7.24. The molecule has 7 heteroatoms. The van der Waals surface area contributed by atoms with E-state index in [0.717, 1.165) is 0 Å². The first kappa shape index (κ1) is 14.8. The zero-order chi connectivity index (χ0) is 14.3. The number of carbonyl (C=O) groups excluding carboxylic acids is 2. The van der Waals surface area contributed by atoms with Crippen LogP contribution in [0, 0.1) is 11.3 Å². The summed E-state index contributed by atoms with van der Waals surface area (Å²) in [6.07, 6.45) is -0.119. The summed E-state index contributed by atoms with van der Waals surface area (Å²) in [6, 6.07) is 6.91. The summed E-state index contributed by atoms with van der Waals surface area (Å²) in [5.74, 6) is -0.602. The topological polar surface area (TPSA) is 105 Å². The molecule has 0 fully saturated rings. The van der Waals surface area contributed by atoms with E-state index >= 15 is 0 Å². The van der Waals surface area contributed by atoms with Gasteiger partial charge in [0, 0.05) is 5.02 Å². The van der Waals surface area contributed by atoms with Gasteiger partial charge in [-0.2, -0.15) is 5.26 Å². The SMILES string of the molecule is N#CCOC(=O)C[C@H](NC(N)=O)c1ccc(Cl)cc1. The van der Waals surface area contributed by atoms with Crippen molar-refractivity contribution in [2.45, 2.75) is 12.5 Å². The fourth-order valence-corrected chi connectivity index (χ4v) is 1.58. The molecule has 1 atom stereocenters. The lowest BCUT2D eigenvalue weighted by Crippen LogP contribution is -2.34. The van der Waals surface area contributed by atoms with Crippen LogP contribution in [0.1, 0.15) is 18.0 Å². The molecule has 0 heterocycles. The molecule has 1 rings (SSSR count). The number of benzene rings is 1. The van der Waals surface area contributed by atoms with Crippen LogP contribution in [0.2, 0.25) is 5.02 Å². The van der Waals surface area contributed by atoms with Crippen molar-refractivity contribution in [1.29, 1.82) is 5.26 Å². The molecule has 0 saturated heterocycles. The Morgan fingerprint density at radius 1 is 1.42 bits per heavy atom. The van der Waals surface area contributed by atoms with E-state index in [1.54, 1.807) is 30.3 Å². The van der Waals surface area contributed by atoms with Gasteiger partial charge in [0.2, 0.25) is 0 Å². The number of urea groups is 1. The summed E-state index contributed by atoms with van der Waals surface area (Å²) in [4.78, 5) is 22.4. The van der Waals surface area contributed by atoms with E-state index in [2.05, 4.69) is 10.1 Å². The van der Waals surface area contributed by atoms with E-state index in [-0.39, 0.29) is 13.0 Å². The molecule has 0 saturated carbocycles. The first-order valence-corrected chi connectivity index (χ1v) is 5.74. The maximum Gasteiger partial charge on any atom is 0.312 e. The number of carbonyl (C=O) groups is 2. The lowest BCUT2D eigenvalue weighted by Gasteiger charge is -2.17. The standard InChI is InChI=1S/C12H12ClN3O3/c13-9-3-1-8(2-4-9)10(16-12(15)18)7-11(17)19-6-5-14/h1-4,10H,6-7H2,(H3,15,16,18)/t10-/m0/s1. The van der Waals surface area contributed by atoms with Crippen molar-refractivity contribution < 1.29 is 14.3 Å². The van der Waals surface area contributed by atoms with Crippen molar-refractivity contribution in [3.8, 4) is 6.07 Å². The van der Waals surface area contributed by atoms with Gasteiger partial charge in [-0.1, -0.05) is 23.7 Å². The Morgan fingerprint density at radius 2 is 2.05 bits per heavy atom. The van der Waals surface area contributed by atoms with Gasteiger partial charge < -0.3 is 15.8 Å². The van der Waals surface area contributed by atoms with Crippen molar-refractivity contribution in [1.82, 2.24) is 5.32 Å². The predicted octanol–water partition coefficient (Wildman–Crippen LogP) is 1.51. The highest BCUT2D eigenvalue weighted by Gasteiger charge is 2.18. The first-order valence-electron chi connectivity index (χ1n) is 5.37. The van der Waals surface area contributed by atoms with E-state index in [1.807, 2.05) is 0 Å². The number of ether oxygens (including phenoxy) is 1. The van der Waals surface area contributed by atoms with Crippen LogP contribution in [-0.2, 0) is 9.53 Å². The first-order chi connectivity index (χ1) is 9.02. The Bertz CT molecular complexity index is 496. The van der Waals surface area contributed by atoms with Crippen molar-refractivity contribution >= 4 is 23.6 Å². The number of nitrogens with two attached hydrogens (primary N) is 1. The van der Waals surface area contributed by atoms with Gasteiger partial charge in [0.05, 0.1) is 12.5 Å². The predicted molar refractivity (Wildman–Crippen MR) is 68.1 cm³/mol. The minimum Gasteiger partial charge on any atom is -0.450 e. The summed E-state index contributed by atoms with van der Waals surface area (Å²) < 4.78 is 4.63. The Balaban J connectivity index is 2.77. The van der Waals surface area contributed by atoms with Crippen molar-refractivity contribution in [3.05, 3.63) is 34.9 Å². The van der Waals surface area contributed by atoms with Gasteiger partial charge in [0.1, 0.15) is 6.07 Å². The van der Waals surface area contributed by atoms with Gasteiger partial charge in [0.15, 0.2) is 6.61 Å². The van der Waals surface area contributed by atoms with E-state index in [9.17, 15) is 9.59 Å². The lowest BCUT2D eigenvalue weighted by molar-refractivity contribution is -0.142. The monoisotopic (exact) mass is 281 g/mol. The highest BCUT2D eigenvalue weighted by atomic mass is 35.5. The smallest absolute Gasteiger partial charge is 0.312 e. The zero-order valence-electron chi connectivity index (χ0n) is 9.93. The van der Waals surface area contributed by atoms with E-state index in [0.29, 0.717) is 10.6 Å². The minimum absolute atomic E-state index is 0.119. The highest BCUT2D eigenvalue weighted by Crippen LogP contribution is 2.19. The molecule has 19 heavy (non-hydrogen) atoms. The number of nitrogens with zero attached hydrogens (tertiary/aromatic N) is 1. The molecule has 0 bridgehead atoms. The molecule has 1 aromatic rings. The average Bonchev–Trinajstić information content (AvgIpc) is 2.36. The number of nitrogens with one attached hydrogen (secondary N) is 1. The molecule has 0 aliphatic rings. The summed E-state index contributed by atoms with van der Waals surface area (Å²) >= 11 is 5.76. The van der Waals surface area contributed by atoms with Crippen LogP contribution in [0.4, 0.5) is 4.79 Å². The summed E-state index contributed by atoms with van der Waals surface area (Å²) in [6.45, 7) is -0.331. The molecule has 0 aromatic heterocycles. The third kappa shape index (κ3) is 5.27. The highest BCUT2D eigenvalue weighted by molar-refractivity contribution is 6.30. The number of nitriles is 1. The van der Waals surface area contributed by atoms with Crippen LogP contribution in [0.3, 0.4) is 0 Å². The fourth-order valence-electron chi connectivity index (χ4n) is 1.46. The van der Waals surface area contributed by atoms with Gasteiger partial charge in [-0.25, -0.2) is 4.79 Å². The summed E-state index contributed by atoms with van der Waals surface area (Å²) in [5.41, 5.74) is 5.72. The largest absolute Gasteiger partial charge is 0.450 e. The van der Waals surface area contributed by atoms with Crippen molar-refractivity contribution in [3.63, 3.8) is 0 Å². The molecule has 100 valence electrons. The zero-order valence-corrected chi connectivity index (χ0v) is 10.7. The molecule has 0 aliphatic heterocycles. The second-order valence-electron chi connectivity index (χ2n) is 3.64. The number of hydrogen-bond acceptors (Lipinski definition) is 4. The van der Waals surface area contributed by atoms with Crippen LogP contribution in [0.25, 0.3) is 0 Å². The maximum absolute atomic E-state index is 11.4. The van der Waals surface area contributed by atoms with E-state index in [1.165, 1.54) is 0 Å². The third-order valence-electron chi connectivity index (χ3n) is 2.26. The van der Waals surface area contributed by atoms with Gasteiger partial charge in [-0.05, 0) is 17.7 Å². The number of primary amides is 1. The van der Waals surface area contributed by atoms with Crippen LogP contribution in [0.5, 0.6) is 0 Å². The number of rotatable bonds is 5. The molecule has 6 nitrogen and oxygen atoms in total. The Hall–Kier alpha value is -2.26. The van der Waals surface area contributed by atoms with Gasteiger partial charge in [0.25, 0.3) is 0 Å². The molecule has 2 amide bonds. The Labute approximate surface area is 115 Å². The second-order valence-corrected chi connectivity index (χ2v) is 4.07. The fraction of sp³-hybridized carbons (Fsp3) is 0.250. The quantitative estimate of drug-likeness (QED) is 0.798. The lowest BCUT2D eigenvalue weighted by atomic mass is 10.0. The van der Waals surface area contributed by atoms with Gasteiger partial charge in [-0.15, -0.1) is 0 Å². The third-order valence-corrected chi connectivity index (χ3v) is 2.51. The molecular formula is C12H12ClN3O3. The van der Waals surface area contributed by atoms with Gasteiger partial charge >= 0.3 is 12.0 Å². The minimum atomic E-state index is -0.756. The molecule has 0 radical (unpaired) electrons. The van der Waals surface area contributed by atoms with E-state index in [4.69, 9.17) is 22.6 Å². The number of hydrogen-bond donors (Lipinski definition) is 2. The molecule has 1 aromatic carbocycles. The summed E-state index contributed by atoms with van der Waals surface area (Å²) in [7, 11) is 0. The Morgan fingerprint density at radius 3 is 2.58 bits per heavy atom. The average molecular weight is 282 g/mol. The van der Waals surface area contributed by atoms with Crippen LogP contribution in [0.15, 0.2) is 24.3 Å². The van der Waals surface area contributed by atoms with Gasteiger partial charge in [-0.3, -0.25) is 4.79 Å². The molecule has 0 spiro atoms. The molecule has 0 aliphatic carbocycles. The normalized spacial score (nSPS) is 11.2. The van der Waals surface area contributed by atoms with Crippen LogP contribution >= 0.6 is 11.6 Å². The van der Waals surface area contributed by atoms with Crippen molar-refractivity contribution in [2.24, 2.45) is 5.73 Å². The van der Waals surface area contributed by atoms with E-state index < -0.39 is 18.0 Å². The van der Waals surface area contributed by atoms with Crippen molar-refractivity contribution in [2.75, 3.05) is 6.61 Å². The molecule has 0 unspecified atom stereocenters. The summed E-state index contributed by atoms with van der Waals surface area (Å²) in [5, 5.41) is 11.3. The number of amides is 2. The maximum atomic E-state index is 11.4. The number of esters is 1.